The van der Waals surface area contributed by atoms with Gasteiger partial charge in [0.25, 0.3) is 11.5 Å². The molecule has 1 amide bonds. The van der Waals surface area contributed by atoms with Crippen molar-refractivity contribution in [3.63, 3.8) is 0 Å². The highest BCUT2D eigenvalue weighted by Crippen LogP contribution is 2.41. The molecule has 6 heteroatoms. The van der Waals surface area contributed by atoms with Gasteiger partial charge >= 0.3 is 0 Å². The summed E-state index contributed by atoms with van der Waals surface area (Å²) in [7, 11) is 2.02. The molecule has 0 saturated heterocycles. The number of nitrogens with one attached hydrogen (secondary N) is 2. The van der Waals surface area contributed by atoms with Crippen LogP contribution in [0.3, 0.4) is 0 Å². The van der Waals surface area contributed by atoms with Gasteiger partial charge in [0.2, 0.25) is 0 Å². The molecular formula is C20H20N4O2. The van der Waals surface area contributed by atoms with Crippen LogP contribution >= 0.6 is 0 Å². The second-order valence-corrected chi connectivity index (χ2v) is 6.74. The van der Waals surface area contributed by atoms with Crippen LogP contribution in [0.25, 0.3) is 11.3 Å². The quantitative estimate of drug-likeness (QED) is 0.760. The highest BCUT2D eigenvalue weighted by atomic mass is 16.1. The van der Waals surface area contributed by atoms with E-state index in [1.807, 2.05) is 44.3 Å². The summed E-state index contributed by atoms with van der Waals surface area (Å²) in [6.07, 6.45) is 2.40. The molecule has 0 aliphatic heterocycles. The van der Waals surface area contributed by atoms with Gasteiger partial charge in [-0.05, 0) is 49.9 Å². The monoisotopic (exact) mass is 348 g/mol. The van der Waals surface area contributed by atoms with Crippen LogP contribution in [0.1, 0.15) is 40.5 Å². The first kappa shape index (κ1) is 16.3. The van der Waals surface area contributed by atoms with Crippen LogP contribution < -0.4 is 10.9 Å². The summed E-state index contributed by atoms with van der Waals surface area (Å²) < 4.78 is 2.12. The molecule has 2 aromatic heterocycles. The van der Waals surface area contributed by atoms with Gasteiger partial charge in [-0.3, -0.25) is 9.59 Å². The minimum Gasteiger partial charge on any atom is -0.351 e. The van der Waals surface area contributed by atoms with Gasteiger partial charge in [0, 0.05) is 35.8 Å². The van der Waals surface area contributed by atoms with Crippen molar-refractivity contribution in [2.24, 2.45) is 7.05 Å². The average molecular weight is 348 g/mol. The van der Waals surface area contributed by atoms with Crippen molar-refractivity contribution in [3.8, 4) is 11.3 Å². The first-order valence-corrected chi connectivity index (χ1v) is 8.66. The minimum atomic E-state index is -0.246. The van der Waals surface area contributed by atoms with Gasteiger partial charge in [-0.2, -0.15) is 5.10 Å². The number of amides is 1. The number of H-pyrrole nitrogens is 1. The van der Waals surface area contributed by atoms with Crippen LogP contribution in [0, 0.1) is 6.92 Å². The van der Waals surface area contributed by atoms with E-state index in [9.17, 15) is 9.59 Å². The molecule has 2 heterocycles. The molecule has 1 aliphatic rings. The van der Waals surface area contributed by atoms with Crippen LogP contribution in [0.15, 0.2) is 47.3 Å². The number of aromatic nitrogens is 3. The zero-order valence-corrected chi connectivity index (χ0v) is 14.7. The first-order chi connectivity index (χ1) is 12.5. The van der Waals surface area contributed by atoms with Gasteiger partial charge in [0.1, 0.15) is 0 Å². The molecule has 2 N–H and O–H groups in total. The molecule has 132 valence electrons. The maximum Gasteiger partial charge on any atom is 0.264 e. The fourth-order valence-corrected chi connectivity index (χ4v) is 3.18. The van der Waals surface area contributed by atoms with E-state index < -0.39 is 0 Å². The predicted molar refractivity (Wildman–Crippen MR) is 100 cm³/mol. The molecule has 1 aromatic carbocycles. The highest BCUT2D eigenvalue weighted by Gasteiger charge is 2.28. The number of rotatable bonds is 4. The Labute approximate surface area is 150 Å². The van der Waals surface area contributed by atoms with Crippen molar-refractivity contribution >= 4 is 11.6 Å². The molecule has 6 nitrogen and oxygen atoms in total. The van der Waals surface area contributed by atoms with Crippen molar-refractivity contribution in [2.45, 2.75) is 25.7 Å². The number of nitrogens with zero attached hydrogens (tertiary/aromatic N) is 2. The van der Waals surface area contributed by atoms with Crippen molar-refractivity contribution in [1.29, 1.82) is 0 Å². The number of anilines is 1. The molecular weight excluding hydrogens is 328 g/mol. The molecule has 1 fully saturated rings. The Morgan fingerprint density at radius 2 is 2.04 bits per heavy atom. The summed E-state index contributed by atoms with van der Waals surface area (Å²) in [5.41, 5.74) is 4.83. The summed E-state index contributed by atoms with van der Waals surface area (Å²) >= 11 is 0. The smallest absolute Gasteiger partial charge is 0.264 e. The van der Waals surface area contributed by atoms with E-state index in [0.29, 0.717) is 22.9 Å². The Morgan fingerprint density at radius 3 is 2.73 bits per heavy atom. The van der Waals surface area contributed by atoms with Gasteiger partial charge in [-0.25, -0.2) is 5.10 Å². The van der Waals surface area contributed by atoms with E-state index >= 15 is 0 Å². The van der Waals surface area contributed by atoms with Gasteiger partial charge in [0.05, 0.1) is 11.3 Å². The lowest BCUT2D eigenvalue weighted by molar-refractivity contribution is 0.102. The predicted octanol–water partition coefficient (Wildman–Crippen LogP) is 3.21. The fourth-order valence-electron chi connectivity index (χ4n) is 3.18. The highest BCUT2D eigenvalue weighted by molar-refractivity contribution is 6.05. The number of hydrogen-bond donors (Lipinski definition) is 2. The van der Waals surface area contributed by atoms with E-state index in [2.05, 4.69) is 20.1 Å². The third-order valence-corrected chi connectivity index (χ3v) is 4.91. The van der Waals surface area contributed by atoms with Gasteiger partial charge < -0.3 is 9.88 Å². The standard InChI is InChI=1S/C20H20N4O2/c1-12-16(11-18(24(12)2)13-6-7-13)20(26)21-15-5-3-4-14(10-15)17-8-9-19(25)23-22-17/h3-5,8-11,13H,6-7H2,1-2H3,(H,21,26)(H,23,25). The molecule has 0 bridgehead atoms. The Bertz CT molecular complexity index is 1020. The van der Waals surface area contributed by atoms with Gasteiger partial charge in [0.15, 0.2) is 0 Å². The van der Waals surface area contributed by atoms with E-state index in [1.165, 1.54) is 24.6 Å². The maximum atomic E-state index is 12.7. The normalized spacial score (nSPS) is 13.6. The second-order valence-electron chi connectivity index (χ2n) is 6.74. The zero-order valence-electron chi connectivity index (χ0n) is 14.7. The van der Waals surface area contributed by atoms with Crippen LogP contribution in [0.4, 0.5) is 5.69 Å². The lowest BCUT2D eigenvalue weighted by Gasteiger charge is -2.07. The largest absolute Gasteiger partial charge is 0.351 e. The summed E-state index contributed by atoms with van der Waals surface area (Å²) in [6, 6.07) is 12.5. The Morgan fingerprint density at radius 1 is 1.23 bits per heavy atom. The van der Waals surface area contributed by atoms with Crippen molar-refractivity contribution in [1.82, 2.24) is 14.8 Å². The molecule has 1 aliphatic carbocycles. The number of carbonyl (C=O) groups is 1. The summed E-state index contributed by atoms with van der Waals surface area (Å²) in [5, 5.41) is 9.42. The molecule has 0 radical (unpaired) electrons. The summed E-state index contributed by atoms with van der Waals surface area (Å²) in [4.78, 5) is 23.9. The fraction of sp³-hybridized carbons (Fsp3) is 0.250. The SMILES string of the molecule is Cc1c(C(=O)Nc2cccc(-c3ccc(=O)[nH]n3)c2)cc(C2CC2)n1C. The number of benzene rings is 1. The molecule has 26 heavy (non-hydrogen) atoms. The Kier molecular flexibility index (Phi) is 3.95. The van der Waals surface area contributed by atoms with Crippen LogP contribution in [0.2, 0.25) is 0 Å². The maximum absolute atomic E-state index is 12.7. The Hall–Kier alpha value is -3.15. The number of hydrogen-bond acceptors (Lipinski definition) is 3. The first-order valence-electron chi connectivity index (χ1n) is 8.66. The number of carbonyl (C=O) groups excluding carboxylic acids is 1. The van der Waals surface area contributed by atoms with E-state index in [1.54, 1.807) is 6.07 Å². The zero-order chi connectivity index (χ0) is 18.3. The molecule has 3 aromatic rings. The van der Waals surface area contributed by atoms with E-state index in [0.717, 1.165) is 11.3 Å². The summed E-state index contributed by atoms with van der Waals surface area (Å²) in [5.74, 6) is 0.478. The molecule has 0 atom stereocenters. The van der Waals surface area contributed by atoms with Crippen LogP contribution in [0.5, 0.6) is 0 Å². The lowest BCUT2D eigenvalue weighted by atomic mass is 10.1. The van der Waals surface area contributed by atoms with E-state index in [-0.39, 0.29) is 11.5 Å². The third kappa shape index (κ3) is 3.06. The molecule has 0 spiro atoms. The van der Waals surface area contributed by atoms with Gasteiger partial charge in [-0.1, -0.05) is 12.1 Å². The topological polar surface area (TPSA) is 79.8 Å². The molecule has 4 rings (SSSR count). The number of aromatic amines is 1. The van der Waals surface area contributed by atoms with Gasteiger partial charge in [-0.15, -0.1) is 0 Å². The minimum absolute atomic E-state index is 0.114. The van der Waals surface area contributed by atoms with Crippen molar-refractivity contribution < 1.29 is 4.79 Å². The van der Waals surface area contributed by atoms with Crippen molar-refractivity contribution in [3.05, 3.63) is 69.8 Å². The average Bonchev–Trinajstić information content (AvgIpc) is 3.43. The van der Waals surface area contributed by atoms with E-state index in [4.69, 9.17) is 0 Å². The lowest BCUT2D eigenvalue weighted by Crippen LogP contribution is -2.13. The molecule has 1 saturated carbocycles. The second kappa shape index (κ2) is 6.29. The Balaban J connectivity index is 1.58. The van der Waals surface area contributed by atoms with Crippen LogP contribution in [-0.2, 0) is 7.05 Å². The summed E-state index contributed by atoms with van der Waals surface area (Å²) in [6.45, 7) is 1.97. The van der Waals surface area contributed by atoms with Crippen LogP contribution in [-0.4, -0.2) is 20.7 Å². The molecule has 0 unspecified atom stereocenters. The van der Waals surface area contributed by atoms with Crippen molar-refractivity contribution in [2.75, 3.05) is 5.32 Å². The third-order valence-electron chi connectivity index (χ3n) is 4.91.